The largest absolute Gasteiger partial charge is 0.387 e. The lowest BCUT2D eigenvalue weighted by Crippen LogP contribution is -2.59. The number of hydrogen-bond donors (Lipinski definition) is 3. The molecule has 1 saturated heterocycles. The first-order chi connectivity index (χ1) is 11.2. The first-order valence-corrected chi connectivity index (χ1v) is 8.14. The van der Waals surface area contributed by atoms with Crippen molar-refractivity contribution >= 4 is 10.1 Å². The summed E-state index contributed by atoms with van der Waals surface area (Å²) in [4.78, 5) is -0.755. The Morgan fingerprint density at radius 2 is 1.67 bits per heavy atom. The number of methoxy groups -OCH3 is 1. The zero-order valence-corrected chi connectivity index (χ0v) is 13.2. The van der Waals surface area contributed by atoms with Crippen molar-refractivity contribution in [2.75, 3.05) is 13.7 Å². The van der Waals surface area contributed by atoms with Crippen LogP contribution in [0.4, 0.5) is 8.78 Å². The molecule has 0 aliphatic carbocycles. The van der Waals surface area contributed by atoms with E-state index in [-0.39, 0.29) is 0 Å². The molecule has 1 aromatic carbocycles. The first-order valence-electron chi connectivity index (χ1n) is 6.73. The van der Waals surface area contributed by atoms with E-state index in [0.717, 1.165) is 0 Å². The lowest BCUT2D eigenvalue weighted by atomic mass is 9.99. The quantitative estimate of drug-likeness (QED) is 0.572. The van der Waals surface area contributed by atoms with Gasteiger partial charge in [-0.25, -0.2) is 8.78 Å². The van der Waals surface area contributed by atoms with Gasteiger partial charge in [-0.15, -0.1) is 0 Å². The maximum atomic E-state index is 13.1. The summed E-state index contributed by atoms with van der Waals surface area (Å²) >= 11 is 0. The number of aliphatic hydroxyl groups excluding tert-OH is 3. The molecule has 1 aliphatic rings. The van der Waals surface area contributed by atoms with Gasteiger partial charge in [-0.1, -0.05) is 0 Å². The maximum absolute atomic E-state index is 13.1. The first kappa shape index (κ1) is 19.1. The van der Waals surface area contributed by atoms with Gasteiger partial charge < -0.3 is 24.8 Å². The van der Waals surface area contributed by atoms with Crippen LogP contribution in [0.2, 0.25) is 0 Å². The smallest absolute Gasteiger partial charge is 0.297 e. The molecule has 2 rings (SSSR count). The molecule has 1 aliphatic heterocycles. The fraction of sp³-hybridized carbons (Fsp3) is 0.538. The Kier molecular flexibility index (Phi) is 5.86. The SMILES string of the molecule is CO[C@@H]1O[C@H](COS(=O)(=O)c2cc(F)cc(F)c2)[C@@H](O)[C@H](O)[C@H]1O. The minimum absolute atomic E-state index is 0.494. The van der Waals surface area contributed by atoms with Crippen LogP contribution < -0.4 is 0 Å². The van der Waals surface area contributed by atoms with Crippen LogP contribution in [0.15, 0.2) is 23.1 Å². The fourth-order valence-electron chi connectivity index (χ4n) is 2.15. The van der Waals surface area contributed by atoms with E-state index in [1.807, 2.05) is 0 Å². The van der Waals surface area contributed by atoms with E-state index in [1.54, 1.807) is 0 Å². The molecule has 0 unspecified atom stereocenters. The van der Waals surface area contributed by atoms with Crippen LogP contribution in [0.25, 0.3) is 0 Å². The Morgan fingerprint density at radius 1 is 1.08 bits per heavy atom. The van der Waals surface area contributed by atoms with E-state index in [1.165, 1.54) is 7.11 Å². The number of aliphatic hydroxyl groups is 3. The van der Waals surface area contributed by atoms with Crippen LogP contribution in [0, 0.1) is 11.6 Å². The predicted molar refractivity (Wildman–Crippen MR) is 73.2 cm³/mol. The Hall–Kier alpha value is -1.21. The third-order valence-electron chi connectivity index (χ3n) is 3.41. The van der Waals surface area contributed by atoms with E-state index in [4.69, 9.17) is 9.47 Å². The van der Waals surface area contributed by atoms with Crippen LogP contribution in [-0.4, -0.2) is 68.2 Å². The predicted octanol–water partition coefficient (Wildman–Crippen LogP) is -0.876. The normalized spacial score (nSPS) is 31.2. The number of rotatable bonds is 5. The minimum atomic E-state index is -4.54. The molecule has 24 heavy (non-hydrogen) atoms. The van der Waals surface area contributed by atoms with Crippen LogP contribution in [0.3, 0.4) is 0 Å². The van der Waals surface area contributed by atoms with Gasteiger partial charge in [0.25, 0.3) is 10.1 Å². The van der Waals surface area contributed by atoms with Crippen molar-refractivity contribution in [2.45, 2.75) is 35.6 Å². The standard InChI is InChI=1S/C13H16F2O8S/c1-21-13-12(18)11(17)10(16)9(23-13)5-22-24(19,20)8-3-6(14)2-7(15)4-8/h2-4,9-13,16-18H,5H2,1H3/t9-,10-,11+,12-,13-/m1/s1. The van der Waals surface area contributed by atoms with Crippen LogP contribution in [0.5, 0.6) is 0 Å². The lowest BCUT2D eigenvalue weighted by molar-refractivity contribution is -0.293. The monoisotopic (exact) mass is 370 g/mol. The molecule has 0 radical (unpaired) electrons. The summed E-state index contributed by atoms with van der Waals surface area (Å²) in [6.45, 7) is -0.773. The molecular weight excluding hydrogens is 354 g/mol. The van der Waals surface area contributed by atoms with Crippen molar-refractivity contribution in [1.29, 1.82) is 0 Å². The zero-order valence-electron chi connectivity index (χ0n) is 12.4. The van der Waals surface area contributed by atoms with Gasteiger partial charge in [0.1, 0.15) is 36.1 Å². The van der Waals surface area contributed by atoms with Crippen molar-refractivity contribution in [3.05, 3.63) is 29.8 Å². The maximum Gasteiger partial charge on any atom is 0.297 e. The molecule has 0 bridgehead atoms. The number of ether oxygens (including phenoxy) is 2. The van der Waals surface area contributed by atoms with Gasteiger partial charge in [-0.05, 0) is 12.1 Å². The molecule has 136 valence electrons. The van der Waals surface area contributed by atoms with Crippen molar-refractivity contribution in [1.82, 2.24) is 0 Å². The summed E-state index contributed by atoms with van der Waals surface area (Å²) in [5, 5.41) is 29.1. The average molecular weight is 370 g/mol. The molecule has 0 aromatic heterocycles. The summed E-state index contributed by atoms with van der Waals surface area (Å²) in [5.74, 6) is -2.21. The molecule has 0 spiro atoms. The van der Waals surface area contributed by atoms with E-state index >= 15 is 0 Å². The number of hydrogen-bond acceptors (Lipinski definition) is 8. The highest BCUT2D eigenvalue weighted by Gasteiger charge is 2.44. The van der Waals surface area contributed by atoms with Gasteiger partial charge in [0.2, 0.25) is 0 Å². The van der Waals surface area contributed by atoms with Crippen molar-refractivity contribution < 1.29 is 46.2 Å². The summed E-state index contributed by atoms with van der Waals surface area (Å²) in [7, 11) is -3.37. The summed E-state index contributed by atoms with van der Waals surface area (Å²) in [6.07, 6.45) is -7.54. The van der Waals surface area contributed by atoms with E-state index in [9.17, 15) is 32.5 Å². The third-order valence-corrected chi connectivity index (χ3v) is 4.67. The van der Waals surface area contributed by atoms with E-state index < -0.39 is 64.0 Å². The lowest BCUT2D eigenvalue weighted by Gasteiger charge is -2.39. The molecule has 11 heteroatoms. The third kappa shape index (κ3) is 4.06. The van der Waals surface area contributed by atoms with Crippen molar-refractivity contribution in [3.8, 4) is 0 Å². The van der Waals surface area contributed by atoms with E-state index in [2.05, 4.69) is 4.18 Å². The average Bonchev–Trinajstić information content (AvgIpc) is 2.51. The molecular formula is C13H16F2O8S. The Morgan fingerprint density at radius 3 is 2.21 bits per heavy atom. The number of halogens is 2. The van der Waals surface area contributed by atoms with Gasteiger partial charge >= 0.3 is 0 Å². The molecule has 0 amide bonds. The molecule has 1 aromatic rings. The van der Waals surface area contributed by atoms with Crippen molar-refractivity contribution in [3.63, 3.8) is 0 Å². The molecule has 1 fully saturated rings. The van der Waals surface area contributed by atoms with Gasteiger partial charge in [0.15, 0.2) is 6.29 Å². The molecule has 8 nitrogen and oxygen atoms in total. The summed E-state index contributed by atoms with van der Waals surface area (Å²) in [6, 6.07) is 1.62. The van der Waals surface area contributed by atoms with Gasteiger partial charge in [-0.3, -0.25) is 4.18 Å². The second-order valence-corrected chi connectivity index (χ2v) is 6.71. The highest BCUT2D eigenvalue weighted by atomic mass is 32.2. The van der Waals surface area contributed by atoms with Crippen LogP contribution >= 0.6 is 0 Å². The Bertz CT molecular complexity index is 660. The highest BCUT2D eigenvalue weighted by molar-refractivity contribution is 7.86. The van der Waals surface area contributed by atoms with Crippen molar-refractivity contribution in [2.24, 2.45) is 0 Å². The minimum Gasteiger partial charge on any atom is -0.387 e. The Balaban J connectivity index is 2.11. The second-order valence-electron chi connectivity index (χ2n) is 5.09. The van der Waals surface area contributed by atoms with Gasteiger partial charge in [0, 0.05) is 13.2 Å². The summed E-state index contributed by atoms with van der Waals surface area (Å²) < 4.78 is 64.6. The van der Waals surface area contributed by atoms with E-state index in [0.29, 0.717) is 18.2 Å². The zero-order chi connectivity index (χ0) is 18.1. The summed E-state index contributed by atoms with van der Waals surface area (Å²) in [5.41, 5.74) is 0. The highest BCUT2D eigenvalue weighted by Crippen LogP contribution is 2.23. The van der Waals surface area contributed by atoms with Crippen LogP contribution in [0.1, 0.15) is 0 Å². The van der Waals surface area contributed by atoms with Crippen LogP contribution in [-0.2, 0) is 23.8 Å². The molecule has 0 saturated carbocycles. The topological polar surface area (TPSA) is 123 Å². The van der Waals surface area contributed by atoms with Gasteiger partial charge in [-0.2, -0.15) is 8.42 Å². The molecule has 3 N–H and O–H groups in total. The van der Waals surface area contributed by atoms with Gasteiger partial charge in [0.05, 0.1) is 11.5 Å². The molecule has 1 heterocycles. The Labute approximate surface area is 136 Å². The fourth-order valence-corrected chi connectivity index (χ4v) is 3.11. The molecule has 5 atom stereocenters. The second kappa shape index (κ2) is 7.35. The number of benzene rings is 1.